The second kappa shape index (κ2) is 6.24. The summed E-state index contributed by atoms with van der Waals surface area (Å²) in [6.45, 7) is 1.96. The second-order valence-corrected chi connectivity index (χ2v) is 5.48. The summed E-state index contributed by atoms with van der Waals surface area (Å²) in [7, 11) is 1.72. The van der Waals surface area contributed by atoms with Crippen molar-refractivity contribution in [3.63, 3.8) is 0 Å². The van der Waals surface area contributed by atoms with Gasteiger partial charge in [-0.05, 0) is 36.8 Å². The molecule has 2 aromatic rings. The number of nitrogens with zero attached hydrogens (tertiary/aromatic N) is 1. The lowest BCUT2D eigenvalue weighted by molar-refractivity contribution is 0.102. The second-order valence-electron chi connectivity index (χ2n) is 4.22. The lowest BCUT2D eigenvalue weighted by Gasteiger charge is -2.08. The Labute approximate surface area is 130 Å². The van der Waals surface area contributed by atoms with Gasteiger partial charge in [0.05, 0.1) is 10.6 Å². The maximum atomic E-state index is 12.1. The number of hydrogen-bond acceptors (Lipinski definition) is 3. The van der Waals surface area contributed by atoms with Crippen molar-refractivity contribution in [2.45, 2.75) is 6.92 Å². The van der Waals surface area contributed by atoms with Crippen molar-refractivity contribution in [3.05, 3.63) is 51.1 Å². The van der Waals surface area contributed by atoms with Crippen molar-refractivity contribution in [2.75, 3.05) is 17.7 Å². The van der Waals surface area contributed by atoms with Gasteiger partial charge in [0, 0.05) is 23.4 Å². The van der Waals surface area contributed by atoms with E-state index >= 15 is 0 Å². The third-order valence-corrected chi connectivity index (χ3v) is 3.93. The molecule has 0 atom stereocenters. The first kappa shape index (κ1) is 14.8. The van der Waals surface area contributed by atoms with Crippen LogP contribution in [0.2, 0.25) is 5.02 Å². The minimum atomic E-state index is -0.247. The van der Waals surface area contributed by atoms with Gasteiger partial charge in [-0.1, -0.05) is 27.5 Å². The molecule has 0 spiro atoms. The molecule has 0 aliphatic heterocycles. The van der Waals surface area contributed by atoms with Crippen molar-refractivity contribution in [3.8, 4) is 0 Å². The van der Waals surface area contributed by atoms with Gasteiger partial charge < -0.3 is 10.6 Å². The van der Waals surface area contributed by atoms with Crippen molar-refractivity contribution in [1.82, 2.24) is 4.98 Å². The largest absolute Gasteiger partial charge is 0.372 e. The summed E-state index contributed by atoms with van der Waals surface area (Å²) < 4.78 is 0.999. The topological polar surface area (TPSA) is 54.0 Å². The molecule has 1 heterocycles. The Kier molecular flexibility index (Phi) is 4.62. The summed E-state index contributed by atoms with van der Waals surface area (Å²) >= 11 is 9.43. The minimum absolute atomic E-state index is 0.247. The molecule has 4 nitrogen and oxygen atoms in total. The summed E-state index contributed by atoms with van der Waals surface area (Å²) in [6.07, 6.45) is 1.48. The molecular formula is C14H13BrClN3O. The third kappa shape index (κ3) is 3.29. The molecule has 0 radical (unpaired) electrons. The van der Waals surface area contributed by atoms with Crippen LogP contribution < -0.4 is 10.6 Å². The SMILES string of the molecule is CNc1ncc(C(=O)Nc2ccc(Br)c(C)c2)cc1Cl. The van der Waals surface area contributed by atoms with E-state index in [-0.39, 0.29) is 5.91 Å². The van der Waals surface area contributed by atoms with Gasteiger partial charge in [-0.15, -0.1) is 0 Å². The molecule has 0 aliphatic rings. The number of hydrogen-bond donors (Lipinski definition) is 2. The smallest absolute Gasteiger partial charge is 0.257 e. The summed E-state index contributed by atoms with van der Waals surface area (Å²) in [6, 6.07) is 7.19. The summed E-state index contributed by atoms with van der Waals surface area (Å²) in [5.41, 5.74) is 2.18. The predicted molar refractivity (Wildman–Crippen MR) is 85.6 cm³/mol. The molecule has 1 amide bonds. The molecule has 2 rings (SSSR count). The molecule has 0 unspecified atom stereocenters. The zero-order valence-corrected chi connectivity index (χ0v) is 13.3. The van der Waals surface area contributed by atoms with Gasteiger partial charge in [-0.3, -0.25) is 4.79 Å². The maximum absolute atomic E-state index is 12.1. The molecule has 1 aromatic heterocycles. The van der Waals surface area contributed by atoms with E-state index in [0.717, 1.165) is 15.7 Å². The van der Waals surface area contributed by atoms with Gasteiger partial charge in [0.2, 0.25) is 0 Å². The Bertz CT molecular complexity index is 661. The number of carbonyl (C=O) groups excluding carboxylic acids is 1. The summed E-state index contributed by atoms with van der Waals surface area (Å²) in [5, 5.41) is 6.07. The predicted octanol–water partition coefficient (Wildman–Crippen LogP) is 4.10. The first-order chi connectivity index (χ1) is 9.51. The number of rotatable bonds is 3. The van der Waals surface area contributed by atoms with Crippen LogP contribution in [0.1, 0.15) is 15.9 Å². The lowest BCUT2D eigenvalue weighted by Crippen LogP contribution is -2.12. The Morgan fingerprint density at radius 3 is 2.70 bits per heavy atom. The molecular weight excluding hydrogens is 342 g/mol. The normalized spacial score (nSPS) is 10.2. The fourth-order valence-corrected chi connectivity index (χ4v) is 2.18. The van der Waals surface area contributed by atoms with Crippen molar-refractivity contribution < 1.29 is 4.79 Å². The van der Waals surface area contributed by atoms with E-state index in [1.54, 1.807) is 13.1 Å². The van der Waals surface area contributed by atoms with Crippen LogP contribution in [0.15, 0.2) is 34.9 Å². The number of aryl methyl sites for hydroxylation is 1. The van der Waals surface area contributed by atoms with E-state index in [0.29, 0.717) is 16.4 Å². The van der Waals surface area contributed by atoms with Crippen LogP contribution in [0.4, 0.5) is 11.5 Å². The molecule has 0 aliphatic carbocycles. The standard InChI is InChI=1S/C14H13BrClN3O/c1-8-5-10(3-4-11(8)15)19-14(20)9-6-12(16)13(17-2)18-7-9/h3-7H,1-2H3,(H,17,18)(H,19,20). The average molecular weight is 355 g/mol. The van der Waals surface area contributed by atoms with Gasteiger partial charge in [0.25, 0.3) is 5.91 Å². The number of aromatic nitrogens is 1. The molecule has 0 saturated carbocycles. The van der Waals surface area contributed by atoms with Crippen molar-refractivity contribution >= 4 is 44.9 Å². The van der Waals surface area contributed by atoms with Crippen LogP contribution in [-0.2, 0) is 0 Å². The molecule has 0 bridgehead atoms. The Morgan fingerprint density at radius 1 is 1.35 bits per heavy atom. The Balaban J connectivity index is 2.19. The molecule has 20 heavy (non-hydrogen) atoms. The van der Waals surface area contributed by atoms with Crippen LogP contribution in [0.25, 0.3) is 0 Å². The number of pyridine rings is 1. The Morgan fingerprint density at radius 2 is 2.10 bits per heavy atom. The highest BCUT2D eigenvalue weighted by Gasteiger charge is 2.10. The highest BCUT2D eigenvalue weighted by molar-refractivity contribution is 9.10. The quantitative estimate of drug-likeness (QED) is 0.872. The van der Waals surface area contributed by atoms with Gasteiger partial charge in [-0.25, -0.2) is 4.98 Å². The highest BCUT2D eigenvalue weighted by atomic mass is 79.9. The summed E-state index contributed by atoms with van der Waals surface area (Å²) in [5.74, 6) is 0.298. The maximum Gasteiger partial charge on any atom is 0.257 e. The van der Waals surface area contributed by atoms with Gasteiger partial charge in [-0.2, -0.15) is 0 Å². The van der Waals surface area contributed by atoms with E-state index in [9.17, 15) is 4.79 Å². The number of carbonyl (C=O) groups is 1. The van der Waals surface area contributed by atoms with E-state index in [1.807, 2.05) is 25.1 Å². The first-order valence-electron chi connectivity index (χ1n) is 5.92. The zero-order chi connectivity index (χ0) is 14.7. The van der Waals surface area contributed by atoms with Crippen LogP contribution in [0, 0.1) is 6.92 Å². The zero-order valence-electron chi connectivity index (χ0n) is 11.0. The van der Waals surface area contributed by atoms with Gasteiger partial charge in [0.15, 0.2) is 0 Å². The fraction of sp³-hybridized carbons (Fsp3) is 0.143. The molecule has 1 aromatic carbocycles. The molecule has 6 heteroatoms. The van der Waals surface area contributed by atoms with E-state index < -0.39 is 0 Å². The lowest BCUT2D eigenvalue weighted by atomic mass is 10.2. The fourth-order valence-electron chi connectivity index (χ4n) is 1.67. The molecule has 0 fully saturated rings. The molecule has 0 saturated heterocycles. The number of amides is 1. The average Bonchev–Trinajstić information content (AvgIpc) is 2.42. The number of nitrogens with one attached hydrogen (secondary N) is 2. The van der Waals surface area contributed by atoms with E-state index in [1.165, 1.54) is 6.20 Å². The van der Waals surface area contributed by atoms with Gasteiger partial charge in [0.1, 0.15) is 5.82 Å². The van der Waals surface area contributed by atoms with E-state index in [4.69, 9.17) is 11.6 Å². The monoisotopic (exact) mass is 353 g/mol. The van der Waals surface area contributed by atoms with Gasteiger partial charge >= 0.3 is 0 Å². The molecule has 2 N–H and O–H groups in total. The number of halogens is 2. The van der Waals surface area contributed by atoms with Crippen molar-refractivity contribution in [2.24, 2.45) is 0 Å². The number of anilines is 2. The molecule has 104 valence electrons. The van der Waals surface area contributed by atoms with Crippen LogP contribution in [0.5, 0.6) is 0 Å². The highest BCUT2D eigenvalue weighted by Crippen LogP contribution is 2.22. The first-order valence-corrected chi connectivity index (χ1v) is 7.09. The van der Waals surface area contributed by atoms with Crippen LogP contribution >= 0.6 is 27.5 Å². The van der Waals surface area contributed by atoms with Crippen LogP contribution in [-0.4, -0.2) is 17.9 Å². The van der Waals surface area contributed by atoms with Crippen molar-refractivity contribution in [1.29, 1.82) is 0 Å². The third-order valence-electron chi connectivity index (χ3n) is 2.76. The number of benzene rings is 1. The van der Waals surface area contributed by atoms with E-state index in [2.05, 4.69) is 31.5 Å². The Hall–Kier alpha value is -1.59. The summed E-state index contributed by atoms with van der Waals surface area (Å²) in [4.78, 5) is 16.2. The van der Waals surface area contributed by atoms with Crippen LogP contribution in [0.3, 0.4) is 0 Å². The minimum Gasteiger partial charge on any atom is -0.372 e.